The fraction of sp³-hybridized carbons (Fsp3) is 0.875. The molecule has 2 N–H and O–H groups in total. The quantitative estimate of drug-likeness (QED) is 0.513. The van der Waals surface area contributed by atoms with Crippen molar-refractivity contribution in [2.24, 2.45) is 11.8 Å². The van der Waals surface area contributed by atoms with E-state index in [1.165, 1.54) is 0 Å². The first-order valence-corrected chi connectivity index (χ1v) is 4.20. The summed E-state index contributed by atoms with van der Waals surface area (Å²) in [4.78, 5) is 10.8. The molecular weight excluding hydrogens is 160 g/mol. The summed E-state index contributed by atoms with van der Waals surface area (Å²) in [5, 5.41) is 18.4. The molecule has 4 atom stereocenters. The third-order valence-corrected chi connectivity index (χ3v) is 2.89. The van der Waals surface area contributed by atoms with Crippen LogP contribution in [0.4, 0.5) is 0 Å². The minimum Gasteiger partial charge on any atom is -0.462 e. The second-order valence-electron chi connectivity index (χ2n) is 3.55. The van der Waals surface area contributed by atoms with Gasteiger partial charge >= 0.3 is 5.97 Å². The van der Waals surface area contributed by atoms with Gasteiger partial charge in [0.2, 0.25) is 0 Å². The second kappa shape index (κ2) is 2.71. The number of aliphatic hydroxyl groups excluding tert-OH is 2. The number of hydrogen-bond acceptors (Lipinski definition) is 4. The molecule has 0 unspecified atom stereocenters. The largest absolute Gasteiger partial charge is 0.462 e. The van der Waals surface area contributed by atoms with Crippen LogP contribution in [0.5, 0.6) is 0 Å². The van der Waals surface area contributed by atoms with E-state index >= 15 is 0 Å². The molecule has 2 fully saturated rings. The van der Waals surface area contributed by atoms with Crippen molar-refractivity contribution in [3.05, 3.63) is 0 Å². The van der Waals surface area contributed by atoms with E-state index in [4.69, 9.17) is 9.84 Å². The lowest BCUT2D eigenvalue weighted by atomic mass is 9.93. The fourth-order valence-electron chi connectivity index (χ4n) is 2.23. The van der Waals surface area contributed by atoms with E-state index in [1.54, 1.807) is 0 Å². The molecule has 0 spiro atoms. The number of rotatable bonds is 1. The van der Waals surface area contributed by atoms with Gasteiger partial charge in [0.05, 0.1) is 12.5 Å². The lowest BCUT2D eigenvalue weighted by molar-refractivity contribution is -0.141. The second-order valence-corrected chi connectivity index (χ2v) is 3.55. The number of esters is 1. The van der Waals surface area contributed by atoms with Gasteiger partial charge in [0, 0.05) is 24.9 Å². The molecule has 2 aliphatic rings. The van der Waals surface area contributed by atoms with Gasteiger partial charge in [0.25, 0.3) is 0 Å². The zero-order chi connectivity index (χ0) is 8.72. The Labute approximate surface area is 70.1 Å². The van der Waals surface area contributed by atoms with Gasteiger partial charge in [-0.05, 0) is 0 Å². The van der Waals surface area contributed by atoms with Crippen molar-refractivity contribution in [1.29, 1.82) is 0 Å². The molecule has 1 saturated heterocycles. The van der Waals surface area contributed by atoms with Crippen LogP contribution < -0.4 is 0 Å². The van der Waals surface area contributed by atoms with Crippen LogP contribution in [0.25, 0.3) is 0 Å². The van der Waals surface area contributed by atoms with Crippen molar-refractivity contribution in [3.63, 3.8) is 0 Å². The highest BCUT2D eigenvalue weighted by Crippen LogP contribution is 2.40. The van der Waals surface area contributed by atoms with Crippen molar-refractivity contribution < 1.29 is 19.7 Å². The summed E-state index contributed by atoms with van der Waals surface area (Å²) in [6, 6.07) is 0. The molecule has 68 valence electrons. The van der Waals surface area contributed by atoms with Gasteiger partial charge in [0.15, 0.2) is 0 Å². The maximum absolute atomic E-state index is 10.8. The number of carbonyl (C=O) groups excluding carboxylic acids is 1. The summed E-state index contributed by atoms with van der Waals surface area (Å²) in [7, 11) is 0. The molecule has 0 amide bonds. The third kappa shape index (κ3) is 1.03. The molecule has 1 saturated carbocycles. The summed E-state index contributed by atoms with van der Waals surface area (Å²) in [5.41, 5.74) is 0. The van der Waals surface area contributed by atoms with E-state index in [9.17, 15) is 9.90 Å². The van der Waals surface area contributed by atoms with Crippen LogP contribution in [0.15, 0.2) is 0 Å². The monoisotopic (exact) mass is 172 g/mol. The van der Waals surface area contributed by atoms with Crippen molar-refractivity contribution >= 4 is 5.97 Å². The molecule has 4 nitrogen and oxygen atoms in total. The highest BCUT2D eigenvalue weighted by molar-refractivity contribution is 5.72. The minimum absolute atomic E-state index is 0.0394. The molecule has 0 aromatic carbocycles. The van der Waals surface area contributed by atoms with Gasteiger partial charge in [-0.2, -0.15) is 0 Å². The van der Waals surface area contributed by atoms with Gasteiger partial charge in [-0.1, -0.05) is 0 Å². The van der Waals surface area contributed by atoms with Crippen LogP contribution in [-0.4, -0.2) is 35.0 Å². The van der Waals surface area contributed by atoms with Gasteiger partial charge < -0.3 is 14.9 Å². The number of carbonyl (C=O) groups is 1. The van der Waals surface area contributed by atoms with Crippen LogP contribution in [0, 0.1) is 11.8 Å². The highest BCUT2D eigenvalue weighted by Gasteiger charge is 2.49. The van der Waals surface area contributed by atoms with E-state index in [2.05, 4.69) is 0 Å². The zero-order valence-electron chi connectivity index (χ0n) is 6.64. The molecule has 2 rings (SSSR count). The van der Waals surface area contributed by atoms with Crippen LogP contribution in [0.3, 0.4) is 0 Å². The third-order valence-electron chi connectivity index (χ3n) is 2.89. The predicted molar refractivity (Wildman–Crippen MR) is 39.2 cm³/mol. The Morgan fingerprint density at radius 3 is 3.00 bits per heavy atom. The summed E-state index contributed by atoms with van der Waals surface area (Å²) in [5.74, 6) is -0.325. The smallest absolute Gasteiger partial charge is 0.306 e. The summed E-state index contributed by atoms with van der Waals surface area (Å²) >= 11 is 0. The first-order valence-electron chi connectivity index (χ1n) is 4.20. The van der Waals surface area contributed by atoms with Gasteiger partial charge in [0.1, 0.15) is 6.10 Å². The lowest BCUT2D eigenvalue weighted by Gasteiger charge is -2.14. The topological polar surface area (TPSA) is 66.8 Å². The van der Waals surface area contributed by atoms with E-state index in [-0.39, 0.29) is 30.5 Å². The molecule has 0 aromatic heterocycles. The first kappa shape index (κ1) is 8.01. The van der Waals surface area contributed by atoms with E-state index < -0.39 is 6.10 Å². The van der Waals surface area contributed by atoms with Crippen LogP contribution >= 0.6 is 0 Å². The van der Waals surface area contributed by atoms with Crippen molar-refractivity contribution in [3.8, 4) is 0 Å². The normalized spacial score (nSPS) is 46.0. The van der Waals surface area contributed by atoms with E-state index in [0.717, 1.165) is 0 Å². The van der Waals surface area contributed by atoms with Gasteiger partial charge in [-0.3, -0.25) is 4.79 Å². The molecule has 0 bridgehead atoms. The highest BCUT2D eigenvalue weighted by atomic mass is 16.6. The molecule has 4 heteroatoms. The molecule has 1 aliphatic heterocycles. The molecule has 12 heavy (non-hydrogen) atoms. The fourth-order valence-corrected chi connectivity index (χ4v) is 2.23. The lowest BCUT2D eigenvalue weighted by Crippen LogP contribution is -2.23. The van der Waals surface area contributed by atoms with Crippen LogP contribution in [0.1, 0.15) is 12.8 Å². The first-order chi connectivity index (χ1) is 5.72. The average molecular weight is 172 g/mol. The average Bonchev–Trinajstić information content (AvgIpc) is 2.43. The minimum atomic E-state index is -0.502. The van der Waals surface area contributed by atoms with Crippen LogP contribution in [0.2, 0.25) is 0 Å². The molecule has 0 radical (unpaired) electrons. The molecule has 0 aromatic rings. The molecule has 1 aliphatic carbocycles. The van der Waals surface area contributed by atoms with Crippen molar-refractivity contribution in [1.82, 2.24) is 0 Å². The maximum atomic E-state index is 10.8. The van der Waals surface area contributed by atoms with Crippen molar-refractivity contribution in [2.75, 3.05) is 6.61 Å². The number of hydrogen-bond donors (Lipinski definition) is 2. The maximum Gasteiger partial charge on any atom is 0.306 e. The summed E-state index contributed by atoms with van der Waals surface area (Å²) in [6.07, 6.45) is 0.192. The van der Waals surface area contributed by atoms with E-state index in [1.807, 2.05) is 0 Å². The van der Waals surface area contributed by atoms with E-state index in [0.29, 0.717) is 12.8 Å². The number of aliphatic hydroxyl groups is 2. The Hall–Kier alpha value is -0.610. The Kier molecular flexibility index (Phi) is 1.81. The number of fused-ring (bicyclic) bond motifs is 1. The zero-order valence-corrected chi connectivity index (χ0v) is 6.64. The summed E-state index contributed by atoms with van der Waals surface area (Å²) in [6.45, 7) is -0.0566. The Morgan fingerprint density at radius 2 is 2.33 bits per heavy atom. The molecular formula is C8H12O4. The predicted octanol–water partition coefficient (Wildman–Crippen LogP) is -0.709. The van der Waals surface area contributed by atoms with Crippen molar-refractivity contribution in [2.45, 2.75) is 25.0 Å². The Bertz CT molecular complexity index is 203. The Balaban J connectivity index is 2.11. The number of ether oxygens (including phenoxy) is 1. The van der Waals surface area contributed by atoms with Crippen LogP contribution in [-0.2, 0) is 9.53 Å². The Morgan fingerprint density at radius 1 is 1.58 bits per heavy atom. The summed E-state index contributed by atoms with van der Waals surface area (Å²) < 4.78 is 4.98. The molecule has 1 heterocycles. The SMILES string of the molecule is O=C1C[C@@H]2[C@@H](CO)[C@H](O)C[C@@H]2O1. The van der Waals surface area contributed by atoms with Gasteiger partial charge in [-0.15, -0.1) is 0 Å². The van der Waals surface area contributed by atoms with Gasteiger partial charge in [-0.25, -0.2) is 0 Å². The standard InChI is InChI=1S/C8H12O4/c9-3-5-4-1-8(11)12-7(4)2-6(5)10/h4-7,9-10H,1-3H2/t4-,5-,6-,7+/m1/s1.